The lowest BCUT2D eigenvalue weighted by Gasteiger charge is -2.02. The third-order valence-corrected chi connectivity index (χ3v) is 1.64. The van der Waals surface area contributed by atoms with Crippen molar-refractivity contribution in [2.24, 2.45) is 5.73 Å². The molecule has 0 radical (unpaired) electrons. The summed E-state index contributed by atoms with van der Waals surface area (Å²) < 4.78 is 10.7. The molecule has 1 heterocycles. The second-order valence-electron chi connectivity index (χ2n) is 3.34. The van der Waals surface area contributed by atoms with Gasteiger partial charge in [0, 0.05) is 6.42 Å². The molecule has 5 heteroatoms. The van der Waals surface area contributed by atoms with Crippen molar-refractivity contribution in [2.45, 2.75) is 39.4 Å². The Bertz CT molecular complexity index is 260. The Labute approximate surface area is 83.6 Å². The number of rotatable bonds is 6. The maximum absolute atomic E-state index is 5.37. The number of aryl methyl sites for hydroxylation is 1. The Hall–Kier alpha value is -0.940. The van der Waals surface area contributed by atoms with Gasteiger partial charge >= 0.3 is 0 Å². The molecule has 0 saturated heterocycles. The molecular formula is C9H17N3O2. The third kappa shape index (κ3) is 3.85. The largest absolute Gasteiger partial charge is 0.423 e. The zero-order chi connectivity index (χ0) is 10.4. The van der Waals surface area contributed by atoms with Crippen LogP contribution in [-0.2, 0) is 17.8 Å². The lowest BCUT2D eigenvalue weighted by Crippen LogP contribution is -2.02. The first-order chi connectivity index (χ1) is 6.72. The third-order valence-electron chi connectivity index (χ3n) is 1.64. The smallest absolute Gasteiger partial charge is 0.242 e. The second kappa shape index (κ2) is 5.72. The van der Waals surface area contributed by atoms with E-state index in [-0.39, 0.29) is 6.10 Å². The van der Waals surface area contributed by atoms with Crippen molar-refractivity contribution in [1.29, 1.82) is 0 Å². The van der Waals surface area contributed by atoms with Gasteiger partial charge in [-0.3, -0.25) is 0 Å². The molecule has 0 spiro atoms. The second-order valence-corrected chi connectivity index (χ2v) is 3.34. The minimum absolute atomic E-state index is 0.175. The Morgan fingerprint density at radius 1 is 1.36 bits per heavy atom. The number of hydrogen-bond acceptors (Lipinski definition) is 5. The molecule has 0 bridgehead atoms. The summed E-state index contributed by atoms with van der Waals surface area (Å²) in [6, 6.07) is 0. The molecule has 1 aromatic rings. The van der Waals surface area contributed by atoms with Crippen molar-refractivity contribution in [1.82, 2.24) is 10.2 Å². The van der Waals surface area contributed by atoms with Crippen molar-refractivity contribution in [3.63, 3.8) is 0 Å². The molecular weight excluding hydrogens is 182 g/mol. The topological polar surface area (TPSA) is 74.2 Å². The average Bonchev–Trinajstić information content (AvgIpc) is 2.59. The van der Waals surface area contributed by atoms with Gasteiger partial charge in [-0.2, -0.15) is 0 Å². The molecule has 2 N–H and O–H groups in total. The molecule has 0 saturated carbocycles. The fraction of sp³-hybridized carbons (Fsp3) is 0.778. The molecule has 0 amide bonds. The number of aromatic nitrogens is 2. The van der Waals surface area contributed by atoms with Crippen molar-refractivity contribution in [2.75, 3.05) is 6.54 Å². The van der Waals surface area contributed by atoms with Gasteiger partial charge in [-0.05, 0) is 26.8 Å². The molecule has 0 unspecified atom stereocenters. The quantitative estimate of drug-likeness (QED) is 0.736. The summed E-state index contributed by atoms with van der Waals surface area (Å²) in [6.07, 6.45) is 1.78. The van der Waals surface area contributed by atoms with E-state index in [1.165, 1.54) is 0 Å². The van der Waals surface area contributed by atoms with Gasteiger partial charge in [0.2, 0.25) is 11.8 Å². The Kier molecular flexibility index (Phi) is 4.55. The van der Waals surface area contributed by atoms with Crippen LogP contribution in [0.5, 0.6) is 0 Å². The maximum atomic E-state index is 5.37. The average molecular weight is 199 g/mol. The first kappa shape index (κ1) is 11.1. The van der Waals surface area contributed by atoms with Gasteiger partial charge in [0.05, 0.1) is 6.10 Å². The SMILES string of the molecule is CC(C)OCc1nnc(CCCN)o1. The summed E-state index contributed by atoms with van der Waals surface area (Å²) in [7, 11) is 0. The fourth-order valence-corrected chi connectivity index (χ4v) is 0.939. The summed E-state index contributed by atoms with van der Waals surface area (Å²) in [4.78, 5) is 0. The van der Waals surface area contributed by atoms with Crippen LogP contribution in [0.2, 0.25) is 0 Å². The highest BCUT2D eigenvalue weighted by molar-refractivity contribution is 4.80. The van der Waals surface area contributed by atoms with Crippen LogP contribution in [0, 0.1) is 0 Å². The summed E-state index contributed by atoms with van der Waals surface area (Å²) in [5.41, 5.74) is 5.37. The molecule has 80 valence electrons. The minimum Gasteiger partial charge on any atom is -0.423 e. The van der Waals surface area contributed by atoms with Gasteiger partial charge in [-0.15, -0.1) is 10.2 Å². The van der Waals surface area contributed by atoms with Gasteiger partial charge in [0.1, 0.15) is 6.61 Å². The van der Waals surface area contributed by atoms with E-state index in [0.29, 0.717) is 24.9 Å². The van der Waals surface area contributed by atoms with Crippen LogP contribution in [-0.4, -0.2) is 22.8 Å². The summed E-state index contributed by atoms with van der Waals surface area (Å²) >= 11 is 0. The maximum Gasteiger partial charge on any atom is 0.242 e. The number of nitrogens with zero attached hydrogens (tertiary/aromatic N) is 2. The van der Waals surface area contributed by atoms with E-state index in [1.54, 1.807) is 0 Å². The number of ether oxygens (including phenoxy) is 1. The highest BCUT2D eigenvalue weighted by Gasteiger charge is 2.06. The minimum atomic E-state index is 0.175. The Morgan fingerprint density at radius 2 is 2.07 bits per heavy atom. The van der Waals surface area contributed by atoms with Crippen LogP contribution in [0.15, 0.2) is 4.42 Å². The van der Waals surface area contributed by atoms with Crippen molar-refractivity contribution >= 4 is 0 Å². The normalized spacial score (nSPS) is 11.1. The highest BCUT2D eigenvalue weighted by atomic mass is 16.5. The zero-order valence-electron chi connectivity index (χ0n) is 8.69. The lowest BCUT2D eigenvalue weighted by molar-refractivity contribution is 0.0511. The van der Waals surface area contributed by atoms with E-state index in [4.69, 9.17) is 14.9 Å². The highest BCUT2D eigenvalue weighted by Crippen LogP contribution is 2.04. The van der Waals surface area contributed by atoms with Crippen molar-refractivity contribution in [3.05, 3.63) is 11.8 Å². The molecule has 0 atom stereocenters. The van der Waals surface area contributed by atoms with E-state index in [1.807, 2.05) is 13.8 Å². The number of nitrogens with two attached hydrogens (primary N) is 1. The number of hydrogen-bond donors (Lipinski definition) is 1. The fourth-order valence-electron chi connectivity index (χ4n) is 0.939. The van der Waals surface area contributed by atoms with Gasteiger partial charge in [-0.25, -0.2) is 0 Å². The van der Waals surface area contributed by atoms with E-state index >= 15 is 0 Å². The Balaban J connectivity index is 2.35. The molecule has 0 fully saturated rings. The summed E-state index contributed by atoms with van der Waals surface area (Å²) in [5.74, 6) is 1.17. The van der Waals surface area contributed by atoms with E-state index < -0.39 is 0 Å². The zero-order valence-corrected chi connectivity index (χ0v) is 8.69. The van der Waals surface area contributed by atoms with Crippen LogP contribution in [0.25, 0.3) is 0 Å². The van der Waals surface area contributed by atoms with Gasteiger partial charge in [0.25, 0.3) is 0 Å². The van der Waals surface area contributed by atoms with Crippen LogP contribution in [0.3, 0.4) is 0 Å². The standard InChI is InChI=1S/C9H17N3O2/c1-7(2)13-6-9-12-11-8(14-9)4-3-5-10/h7H,3-6,10H2,1-2H3. The van der Waals surface area contributed by atoms with E-state index in [2.05, 4.69) is 10.2 Å². The van der Waals surface area contributed by atoms with Crippen LogP contribution in [0.4, 0.5) is 0 Å². The van der Waals surface area contributed by atoms with Crippen LogP contribution in [0.1, 0.15) is 32.0 Å². The van der Waals surface area contributed by atoms with E-state index in [0.717, 1.165) is 12.8 Å². The molecule has 0 aliphatic heterocycles. The molecule has 5 nitrogen and oxygen atoms in total. The van der Waals surface area contributed by atoms with Crippen molar-refractivity contribution < 1.29 is 9.15 Å². The van der Waals surface area contributed by atoms with Gasteiger partial charge in [0.15, 0.2) is 0 Å². The molecule has 0 aliphatic rings. The van der Waals surface area contributed by atoms with E-state index in [9.17, 15) is 0 Å². The first-order valence-corrected chi connectivity index (χ1v) is 4.85. The van der Waals surface area contributed by atoms with Gasteiger partial charge in [-0.1, -0.05) is 0 Å². The summed E-state index contributed by atoms with van der Waals surface area (Å²) in [6.45, 7) is 4.95. The molecule has 0 aromatic carbocycles. The predicted octanol–water partition coefficient (Wildman–Crippen LogP) is 0.886. The van der Waals surface area contributed by atoms with Crippen LogP contribution < -0.4 is 5.73 Å². The monoisotopic (exact) mass is 199 g/mol. The molecule has 1 rings (SSSR count). The Morgan fingerprint density at radius 3 is 2.71 bits per heavy atom. The summed E-state index contributed by atoms with van der Waals surface area (Å²) in [5, 5.41) is 7.74. The molecule has 1 aromatic heterocycles. The first-order valence-electron chi connectivity index (χ1n) is 4.85. The van der Waals surface area contributed by atoms with Crippen LogP contribution >= 0.6 is 0 Å². The molecule has 14 heavy (non-hydrogen) atoms. The lowest BCUT2D eigenvalue weighted by atomic mass is 10.3. The van der Waals surface area contributed by atoms with Crippen molar-refractivity contribution in [3.8, 4) is 0 Å². The molecule has 0 aliphatic carbocycles. The van der Waals surface area contributed by atoms with Gasteiger partial charge < -0.3 is 14.9 Å². The predicted molar refractivity (Wildman–Crippen MR) is 51.6 cm³/mol.